The van der Waals surface area contributed by atoms with E-state index in [1.807, 2.05) is 19.9 Å². The molecule has 46 heavy (non-hydrogen) atoms. The number of carboxylic acids is 1. The van der Waals surface area contributed by atoms with E-state index in [2.05, 4.69) is 13.2 Å². The fourth-order valence-electron chi connectivity index (χ4n) is 6.50. The predicted molar refractivity (Wildman–Crippen MR) is 172 cm³/mol. The van der Waals surface area contributed by atoms with Gasteiger partial charge in [-0.2, -0.15) is 0 Å². The van der Waals surface area contributed by atoms with E-state index in [4.69, 9.17) is 24.7 Å². The minimum Gasteiger partial charge on any atom is -0.871 e. The van der Waals surface area contributed by atoms with Crippen LogP contribution in [-0.2, 0) is 19.1 Å². The number of nitrogens with zero attached hydrogens (tertiary/aromatic N) is 4. The van der Waals surface area contributed by atoms with Gasteiger partial charge in [0.2, 0.25) is 0 Å². The molecule has 0 fully saturated rings. The molecule has 0 unspecified atom stereocenters. The summed E-state index contributed by atoms with van der Waals surface area (Å²) in [7, 11) is 1.19. The number of hydrogen-bond donors (Lipinski definition) is 0. The molecule has 0 saturated heterocycles. The van der Waals surface area contributed by atoms with Crippen LogP contribution in [0.15, 0.2) is 37.4 Å². The smallest absolute Gasteiger partial charge is 0.871 e. The van der Waals surface area contributed by atoms with Crippen LogP contribution in [-0.4, -0.2) is 58.4 Å². The average Bonchev–Trinajstić information content (AvgIpc) is 3.76. The molecule has 3 aromatic heterocycles. The molecule has 0 radical (unpaired) electrons. The van der Waals surface area contributed by atoms with Crippen LogP contribution in [0.4, 0.5) is 0 Å². The Balaban J connectivity index is 0.00000417. The van der Waals surface area contributed by atoms with Gasteiger partial charge < -0.3 is 29.7 Å². The molecule has 0 spiro atoms. The minimum atomic E-state index is -1.22. The maximum absolute atomic E-state index is 13.9. The van der Waals surface area contributed by atoms with Gasteiger partial charge in [-0.25, -0.2) is 9.78 Å². The Kier molecular flexibility index (Phi) is 8.67. The molecule has 228 valence electrons. The molecule has 10 nitrogen and oxygen atoms in total. The number of aldehydes is 1. The van der Waals surface area contributed by atoms with E-state index in [0.717, 1.165) is 17.4 Å². The van der Waals surface area contributed by atoms with Gasteiger partial charge in [-0.05, 0) is 49.4 Å². The molecule has 0 aromatic carbocycles. The Morgan fingerprint density at radius 1 is 0.978 bits per heavy atom. The zero-order valence-electron chi connectivity index (χ0n) is 25.9. The Morgan fingerprint density at radius 2 is 1.65 bits per heavy atom. The van der Waals surface area contributed by atoms with Crippen molar-refractivity contribution < 1.29 is 29.3 Å². The van der Waals surface area contributed by atoms with E-state index < -0.39 is 23.6 Å². The topological polar surface area (TPSA) is 161 Å². The number of carbonyl (C=O) groups is 3. The monoisotopic (exact) mass is 624 g/mol. The van der Waals surface area contributed by atoms with Crippen molar-refractivity contribution in [1.82, 2.24) is 19.9 Å². The molecule has 3 aromatic rings. The van der Waals surface area contributed by atoms with Crippen LogP contribution < -0.4 is 20.2 Å². The van der Waals surface area contributed by atoms with Gasteiger partial charge in [0.25, 0.3) is 0 Å². The molecule has 5 heterocycles. The number of hydrogen-bond acceptors (Lipinski definition) is 8. The zero-order valence-corrected chi connectivity index (χ0v) is 27.3. The fraction of sp³-hybridized carbons (Fsp3) is 0.229. The van der Waals surface area contributed by atoms with E-state index in [1.54, 1.807) is 25.1 Å². The van der Waals surface area contributed by atoms with Gasteiger partial charge in [0, 0.05) is 34.6 Å². The number of carbonyl (C=O) groups excluding carboxylic acids is 3. The second kappa shape index (κ2) is 12.2. The van der Waals surface area contributed by atoms with Crippen molar-refractivity contribution in [3.8, 4) is 0 Å². The molecule has 11 heteroatoms. The number of aromatic nitrogens is 4. The summed E-state index contributed by atoms with van der Waals surface area (Å²) in [6.07, 6.45) is 3.84. The number of aryl methyl sites for hydroxylation is 2. The van der Waals surface area contributed by atoms with Crippen molar-refractivity contribution in [2.24, 2.45) is 0 Å². The summed E-state index contributed by atoms with van der Waals surface area (Å²) in [5.74, 6) is -3.41. The molecule has 3 aliphatic rings. The first-order valence-electron chi connectivity index (χ1n) is 14.4. The standard InChI is InChI=1S/C35H32N4O6.Mg/c1-7-18-15(3)22-11-23-16(4)20(9-10-28(41)42)32(38-23)30-31(35(44)45-6)34(43)29-17(5)24(39-33(29)30)12-26-19(8-2)21(14-40)27(37-26)13-25(18)36-22;/h7-8,11-14,16,20H,1-2,9-10H2,3-6H3,(H4,36,37,38,39,40,41,42,43,44);/q;+2/p-4/t16-,20-;/m0./s1. The first kappa shape index (κ1) is 32.6. The first-order valence-corrected chi connectivity index (χ1v) is 14.4. The summed E-state index contributed by atoms with van der Waals surface area (Å²) in [6.45, 7) is 13.4. The number of fused-ring (bicyclic) bond motifs is 8. The van der Waals surface area contributed by atoms with E-state index >= 15 is 0 Å². The van der Waals surface area contributed by atoms with E-state index in [-0.39, 0.29) is 64.0 Å². The molecule has 0 amide bonds. The quantitative estimate of drug-likeness (QED) is 0.217. The number of ether oxygens (including phenoxy) is 1. The minimum absolute atomic E-state index is 0. The molecule has 1 aliphatic carbocycles. The Bertz CT molecular complexity index is 2120. The van der Waals surface area contributed by atoms with E-state index in [0.29, 0.717) is 56.0 Å². The predicted octanol–water partition coefficient (Wildman–Crippen LogP) is 2.88. The van der Waals surface area contributed by atoms with Crippen LogP contribution in [0.5, 0.6) is 0 Å². The fourth-order valence-corrected chi connectivity index (χ4v) is 6.50. The molecule has 0 saturated carbocycles. The normalized spacial score (nSPS) is 16.7. The van der Waals surface area contributed by atoms with Gasteiger partial charge in [-0.15, -0.1) is 22.1 Å². The number of allylic oxidation sites excluding steroid dienone is 3. The van der Waals surface area contributed by atoms with Gasteiger partial charge in [0.1, 0.15) is 0 Å². The van der Waals surface area contributed by atoms with Crippen molar-refractivity contribution in [3.05, 3.63) is 88.0 Å². The second-order valence-corrected chi connectivity index (χ2v) is 11.2. The molecule has 0 N–H and O–H groups in total. The SMILES string of the molecule is C=CC1=C(C=O)c2cc3[n-]c(cc4nc(c5c6[n-]c(cc1n2)c(C)c6C([O-])=C5C(=O)OC)[C@@H](CCC(=O)[O-])[C@@H]4C)c(C)c3C=C.[Mg+2]. The summed E-state index contributed by atoms with van der Waals surface area (Å²) < 4.78 is 5.04. The van der Waals surface area contributed by atoms with Crippen molar-refractivity contribution >= 4 is 91.9 Å². The van der Waals surface area contributed by atoms with Crippen molar-refractivity contribution in [2.75, 3.05) is 7.11 Å². The third-order valence-electron chi connectivity index (χ3n) is 8.89. The second-order valence-electron chi connectivity index (χ2n) is 11.2. The Hall–Kier alpha value is -4.74. The summed E-state index contributed by atoms with van der Waals surface area (Å²) >= 11 is 0. The average molecular weight is 625 g/mol. The summed E-state index contributed by atoms with van der Waals surface area (Å²) in [5, 5.41) is 25.5. The van der Waals surface area contributed by atoms with Crippen LogP contribution >= 0.6 is 0 Å². The summed E-state index contributed by atoms with van der Waals surface area (Å²) in [4.78, 5) is 56.4. The van der Waals surface area contributed by atoms with Crippen molar-refractivity contribution in [2.45, 2.75) is 45.4 Å². The van der Waals surface area contributed by atoms with Gasteiger partial charge in [-0.1, -0.05) is 61.3 Å². The maximum atomic E-state index is 13.9. The molecular formula is C35H28MgN4O6-2. The van der Waals surface area contributed by atoms with Crippen LogP contribution in [0, 0.1) is 13.8 Å². The first-order chi connectivity index (χ1) is 21.5. The number of carboxylic acid groups (broad SMARTS) is 1. The molecule has 6 rings (SSSR count). The Labute approximate surface area is 280 Å². The van der Waals surface area contributed by atoms with Gasteiger partial charge >= 0.3 is 29.0 Å². The molecular weight excluding hydrogens is 597 g/mol. The zero-order chi connectivity index (χ0) is 32.3. The van der Waals surface area contributed by atoms with Crippen LogP contribution in [0.3, 0.4) is 0 Å². The number of aliphatic carboxylic acids is 1. The third kappa shape index (κ3) is 4.90. The third-order valence-corrected chi connectivity index (χ3v) is 8.89. The summed E-state index contributed by atoms with van der Waals surface area (Å²) in [5.41, 5.74) is 6.73. The Morgan fingerprint density at radius 3 is 2.28 bits per heavy atom. The van der Waals surface area contributed by atoms with E-state index in [1.165, 1.54) is 13.2 Å². The largest absolute Gasteiger partial charge is 2.00 e. The van der Waals surface area contributed by atoms with Crippen LogP contribution in [0.1, 0.15) is 82.2 Å². The van der Waals surface area contributed by atoms with Gasteiger partial charge in [0.05, 0.1) is 29.8 Å². The molecule has 2 aliphatic heterocycles. The van der Waals surface area contributed by atoms with Crippen molar-refractivity contribution in [3.63, 3.8) is 0 Å². The van der Waals surface area contributed by atoms with Gasteiger partial charge in [0.15, 0.2) is 6.29 Å². The number of esters is 1. The van der Waals surface area contributed by atoms with Crippen LogP contribution in [0.25, 0.3) is 50.6 Å². The number of methoxy groups -OCH3 is 1. The molecule has 8 bridgehead atoms. The van der Waals surface area contributed by atoms with Crippen molar-refractivity contribution in [1.29, 1.82) is 0 Å². The van der Waals surface area contributed by atoms with Crippen LogP contribution in [0.2, 0.25) is 0 Å². The maximum Gasteiger partial charge on any atom is 2.00 e. The molecule has 2 atom stereocenters. The summed E-state index contributed by atoms with van der Waals surface area (Å²) in [6, 6.07) is 5.21. The van der Waals surface area contributed by atoms with E-state index in [9.17, 15) is 24.6 Å². The van der Waals surface area contributed by atoms with Gasteiger partial charge in [-0.3, -0.25) is 9.78 Å². The number of rotatable bonds is 7.